The summed E-state index contributed by atoms with van der Waals surface area (Å²) in [6.07, 6.45) is -1.32. The Hall–Kier alpha value is -2.74. The van der Waals surface area contributed by atoms with Crippen LogP contribution in [-0.4, -0.2) is 21.9 Å². The maximum Gasteiger partial charge on any atom is 0.410 e. The third kappa shape index (κ3) is 4.48. The lowest BCUT2D eigenvalue weighted by molar-refractivity contribution is -0.173. The van der Waals surface area contributed by atoms with Gasteiger partial charge in [-0.2, -0.15) is 23.5 Å². The lowest BCUT2D eigenvalue weighted by Gasteiger charge is -2.33. The molecule has 35 heavy (non-hydrogen) atoms. The number of amides is 1. The summed E-state index contributed by atoms with van der Waals surface area (Å²) in [5.41, 5.74) is 1.74. The highest BCUT2D eigenvalue weighted by Gasteiger charge is 2.47. The van der Waals surface area contributed by atoms with Crippen LogP contribution in [0.1, 0.15) is 63.4 Å². The Morgan fingerprint density at radius 2 is 2.00 bits per heavy atom. The van der Waals surface area contributed by atoms with Crippen LogP contribution >= 0.6 is 34.5 Å². The molecule has 3 heterocycles. The van der Waals surface area contributed by atoms with Crippen molar-refractivity contribution in [1.29, 1.82) is 5.26 Å². The van der Waals surface area contributed by atoms with Crippen molar-refractivity contribution in [3.05, 3.63) is 61.6 Å². The monoisotopic (exact) mass is 539 g/mol. The number of hydrogen-bond donors (Lipinski definition) is 2. The predicted octanol–water partition coefficient (Wildman–Crippen LogP) is 6.91. The van der Waals surface area contributed by atoms with Gasteiger partial charge in [-0.1, -0.05) is 29.3 Å². The molecule has 0 saturated heterocycles. The molecule has 2 atom stereocenters. The summed E-state index contributed by atoms with van der Waals surface area (Å²) in [6, 6.07) is 5.45. The first-order valence-electron chi connectivity index (χ1n) is 10.9. The molecule has 0 bridgehead atoms. The molecule has 6 nitrogen and oxygen atoms in total. The van der Waals surface area contributed by atoms with Crippen molar-refractivity contribution in [2.24, 2.45) is 0 Å². The molecule has 2 aliphatic rings. The number of fused-ring (bicyclic) bond motifs is 2. The van der Waals surface area contributed by atoms with Crippen molar-refractivity contribution in [3.63, 3.8) is 0 Å². The molecule has 0 radical (unpaired) electrons. The first-order chi connectivity index (χ1) is 16.7. The fourth-order valence-corrected chi connectivity index (χ4v) is 6.11. The van der Waals surface area contributed by atoms with Gasteiger partial charge < -0.3 is 10.6 Å². The van der Waals surface area contributed by atoms with Crippen LogP contribution in [0.2, 0.25) is 10.0 Å². The molecule has 2 aromatic heterocycles. The molecule has 1 aromatic carbocycles. The average molecular weight is 540 g/mol. The van der Waals surface area contributed by atoms with Crippen molar-refractivity contribution in [1.82, 2.24) is 9.78 Å². The van der Waals surface area contributed by atoms with Gasteiger partial charge in [0.2, 0.25) is 0 Å². The number of anilines is 2. The van der Waals surface area contributed by atoms with Gasteiger partial charge in [0.15, 0.2) is 11.7 Å². The number of nitrogens with zero attached hydrogens (tertiary/aromatic N) is 3. The summed E-state index contributed by atoms with van der Waals surface area (Å²) in [4.78, 5) is 14.0. The van der Waals surface area contributed by atoms with Gasteiger partial charge in [0.1, 0.15) is 16.9 Å². The van der Waals surface area contributed by atoms with E-state index in [4.69, 9.17) is 23.2 Å². The number of benzene rings is 1. The van der Waals surface area contributed by atoms with Gasteiger partial charge >= 0.3 is 6.18 Å². The van der Waals surface area contributed by atoms with Crippen molar-refractivity contribution in [2.75, 3.05) is 10.6 Å². The zero-order chi connectivity index (χ0) is 24.9. The third-order valence-corrected chi connectivity index (χ3v) is 8.22. The number of halogens is 5. The lowest BCUT2D eigenvalue weighted by Crippen LogP contribution is -2.35. The number of thiophene rings is 1. The highest BCUT2D eigenvalue weighted by atomic mass is 35.5. The summed E-state index contributed by atoms with van der Waals surface area (Å²) in [7, 11) is 0. The Kier molecular flexibility index (Phi) is 6.20. The second-order valence-electron chi connectivity index (χ2n) is 8.50. The molecule has 182 valence electrons. The highest BCUT2D eigenvalue weighted by molar-refractivity contribution is 7.16. The number of hydrogen-bond acceptors (Lipinski definition) is 5. The van der Waals surface area contributed by atoms with E-state index in [0.29, 0.717) is 21.2 Å². The van der Waals surface area contributed by atoms with Gasteiger partial charge in [0.05, 0.1) is 21.7 Å². The molecule has 3 aromatic rings. The summed E-state index contributed by atoms with van der Waals surface area (Å²) in [6.45, 7) is 0. The summed E-state index contributed by atoms with van der Waals surface area (Å²) >= 11 is 13.4. The second kappa shape index (κ2) is 9.04. The van der Waals surface area contributed by atoms with Crippen LogP contribution in [0.3, 0.4) is 0 Å². The molecule has 1 amide bonds. The smallest absolute Gasteiger partial charge is 0.363 e. The minimum absolute atomic E-state index is 0.0609. The van der Waals surface area contributed by atoms with Crippen LogP contribution in [-0.2, 0) is 12.8 Å². The molecule has 2 N–H and O–H groups in total. The van der Waals surface area contributed by atoms with Crippen molar-refractivity contribution >= 4 is 51.3 Å². The molecule has 1 aliphatic carbocycles. The number of aromatic nitrogens is 2. The van der Waals surface area contributed by atoms with E-state index >= 15 is 0 Å². The topological polar surface area (TPSA) is 82.7 Å². The average Bonchev–Trinajstić information content (AvgIpc) is 3.40. The van der Waals surface area contributed by atoms with Crippen LogP contribution in [0, 0.1) is 11.3 Å². The minimum Gasteiger partial charge on any atom is -0.363 e. The number of nitriles is 1. The molecule has 0 spiro atoms. The van der Waals surface area contributed by atoms with E-state index < -0.39 is 24.2 Å². The predicted molar refractivity (Wildman–Crippen MR) is 128 cm³/mol. The largest absolute Gasteiger partial charge is 0.410 e. The highest BCUT2D eigenvalue weighted by Crippen LogP contribution is 2.44. The number of carbonyl (C=O) groups is 1. The number of rotatable bonds is 3. The lowest BCUT2D eigenvalue weighted by atomic mass is 9.96. The van der Waals surface area contributed by atoms with Crippen LogP contribution in [0.4, 0.5) is 24.0 Å². The van der Waals surface area contributed by atoms with Crippen LogP contribution < -0.4 is 10.6 Å². The van der Waals surface area contributed by atoms with E-state index in [9.17, 15) is 23.2 Å². The van der Waals surface area contributed by atoms with E-state index in [1.54, 1.807) is 6.07 Å². The van der Waals surface area contributed by atoms with Gasteiger partial charge in [0.25, 0.3) is 5.91 Å². The minimum atomic E-state index is -4.59. The van der Waals surface area contributed by atoms with Gasteiger partial charge in [0, 0.05) is 17.4 Å². The fraction of sp³-hybridized carbons (Fsp3) is 0.348. The van der Waals surface area contributed by atoms with Crippen molar-refractivity contribution < 1.29 is 18.0 Å². The number of nitrogens with one attached hydrogen (secondary N) is 2. The first-order valence-corrected chi connectivity index (χ1v) is 12.5. The fourth-order valence-electron chi connectivity index (χ4n) is 4.57. The Bertz CT molecular complexity index is 1360. The Morgan fingerprint density at radius 1 is 1.23 bits per heavy atom. The van der Waals surface area contributed by atoms with E-state index in [2.05, 4.69) is 21.8 Å². The molecular formula is C23H18Cl2F3N5OS. The number of aryl methyl sites for hydroxylation is 1. The molecule has 1 aliphatic heterocycles. The summed E-state index contributed by atoms with van der Waals surface area (Å²) < 4.78 is 42.7. The van der Waals surface area contributed by atoms with E-state index in [0.717, 1.165) is 40.8 Å². The maximum atomic E-state index is 14.0. The standard InChI is InChI=1S/C23H18Cl2F3N5OS/c24-14-6-5-11(7-15(14)25)16-8-19(23(26,27)28)33-20(30-16)9-17(32-33)21(34)31-22-13(10-29)12-3-1-2-4-18(12)35-22/h5-7,9,16,19,30H,1-4,8H2,(H,31,34)/t16-,19-/m1/s1. The number of carbonyl (C=O) groups excluding carboxylic acids is 1. The Balaban J connectivity index is 1.45. The van der Waals surface area contributed by atoms with Gasteiger partial charge in [-0.25, -0.2) is 4.68 Å². The second-order valence-corrected chi connectivity index (χ2v) is 10.4. The summed E-state index contributed by atoms with van der Waals surface area (Å²) in [5, 5.41) is 20.3. The molecule has 12 heteroatoms. The van der Waals surface area contributed by atoms with E-state index in [1.807, 2.05) is 0 Å². The van der Waals surface area contributed by atoms with E-state index in [1.165, 1.54) is 29.5 Å². The quantitative estimate of drug-likeness (QED) is 0.378. The molecule has 5 rings (SSSR count). The molecule has 0 saturated carbocycles. The number of alkyl halides is 3. The Labute approximate surface area is 212 Å². The molecule has 0 unspecified atom stereocenters. The normalized spacial score (nSPS) is 19.3. The molecule has 0 fully saturated rings. The van der Waals surface area contributed by atoms with Crippen LogP contribution in [0.5, 0.6) is 0 Å². The maximum absolute atomic E-state index is 14.0. The third-order valence-electron chi connectivity index (χ3n) is 6.28. The van der Waals surface area contributed by atoms with Crippen molar-refractivity contribution in [2.45, 2.75) is 50.4 Å². The zero-order valence-corrected chi connectivity index (χ0v) is 20.4. The van der Waals surface area contributed by atoms with Gasteiger partial charge in [-0.15, -0.1) is 11.3 Å². The van der Waals surface area contributed by atoms with Gasteiger partial charge in [-0.05, 0) is 48.9 Å². The van der Waals surface area contributed by atoms with Gasteiger partial charge in [-0.3, -0.25) is 4.79 Å². The Morgan fingerprint density at radius 3 is 2.71 bits per heavy atom. The van der Waals surface area contributed by atoms with E-state index in [-0.39, 0.29) is 23.0 Å². The zero-order valence-electron chi connectivity index (χ0n) is 18.0. The SMILES string of the molecule is N#Cc1c(NC(=O)c2cc3n(n2)[C@@H](C(F)(F)F)C[C@H](c2ccc(Cl)c(Cl)c2)N3)sc2c1CCCC2. The van der Waals surface area contributed by atoms with Crippen molar-refractivity contribution in [3.8, 4) is 6.07 Å². The summed E-state index contributed by atoms with van der Waals surface area (Å²) in [5.74, 6) is -0.610. The first kappa shape index (κ1) is 24.0. The van der Waals surface area contributed by atoms with Crippen LogP contribution in [0.15, 0.2) is 24.3 Å². The van der Waals surface area contributed by atoms with Crippen LogP contribution in [0.25, 0.3) is 0 Å². The molecular weight excluding hydrogens is 522 g/mol.